The average Bonchev–Trinajstić information content (AvgIpc) is 3.06. The summed E-state index contributed by atoms with van der Waals surface area (Å²) in [5, 5.41) is 4.05. The molecule has 1 aliphatic heterocycles. The number of halogens is 2. The Labute approximate surface area is 165 Å². The number of carbonyl (C=O) groups excluding carboxylic acids is 1. The molecule has 0 bridgehead atoms. The van der Waals surface area contributed by atoms with Crippen LogP contribution in [0.25, 0.3) is 0 Å². The molecule has 10 heteroatoms. The van der Waals surface area contributed by atoms with E-state index in [2.05, 4.69) is 19.8 Å². The number of hydrogen-bond acceptors (Lipinski definition) is 7. The number of amidine groups is 1. The number of nitrogens with zero attached hydrogens (tertiary/aromatic N) is 4. The van der Waals surface area contributed by atoms with Crippen molar-refractivity contribution in [2.24, 2.45) is 17.8 Å². The second-order valence-corrected chi connectivity index (χ2v) is 8.13. The van der Waals surface area contributed by atoms with Crippen LogP contribution in [-0.4, -0.2) is 44.2 Å². The molecule has 0 saturated carbocycles. The van der Waals surface area contributed by atoms with Crippen LogP contribution in [0.4, 0.5) is 8.78 Å². The number of ketones is 1. The predicted molar refractivity (Wildman–Crippen MR) is 102 cm³/mol. The molecule has 0 aliphatic carbocycles. The molecule has 0 fully saturated rings. The quantitative estimate of drug-likeness (QED) is 0.706. The predicted octanol–water partition coefficient (Wildman–Crippen LogP) is 2.52. The topological polar surface area (TPSA) is 95.4 Å². The Kier molecular flexibility index (Phi) is 6.09. The van der Waals surface area contributed by atoms with Crippen LogP contribution in [0.2, 0.25) is 0 Å². The third-order valence-electron chi connectivity index (χ3n) is 4.45. The Bertz CT molecular complexity index is 888. The fourth-order valence-corrected chi connectivity index (χ4v) is 4.29. The van der Waals surface area contributed by atoms with E-state index in [9.17, 15) is 13.6 Å². The van der Waals surface area contributed by atoms with Crippen LogP contribution in [-0.2, 0) is 23.7 Å². The molecule has 2 N–H and O–H groups in total. The molecular formula is C18H21F2N5O2S. The van der Waals surface area contributed by atoms with Crippen molar-refractivity contribution >= 4 is 22.7 Å². The second-order valence-electron chi connectivity index (χ2n) is 6.81. The smallest absolute Gasteiger partial charge is 0.345 e. The van der Waals surface area contributed by atoms with Crippen molar-refractivity contribution in [3.63, 3.8) is 0 Å². The summed E-state index contributed by atoms with van der Waals surface area (Å²) < 4.78 is 30.8. The van der Waals surface area contributed by atoms with Gasteiger partial charge in [0.2, 0.25) is 0 Å². The molecule has 28 heavy (non-hydrogen) atoms. The largest absolute Gasteiger partial charge is 0.379 e. The van der Waals surface area contributed by atoms with Crippen molar-refractivity contribution in [1.29, 1.82) is 0 Å². The van der Waals surface area contributed by atoms with Crippen LogP contribution in [0.15, 0.2) is 35.7 Å². The summed E-state index contributed by atoms with van der Waals surface area (Å²) >= 11 is 1.22. The minimum absolute atomic E-state index is 0.0548. The second kappa shape index (κ2) is 8.36. The molecule has 0 spiro atoms. The zero-order valence-corrected chi connectivity index (χ0v) is 16.3. The highest BCUT2D eigenvalue weighted by Crippen LogP contribution is 2.38. The monoisotopic (exact) mass is 409 g/mol. The van der Waals surface area contributed by atoms with Crippen molar-refractivity contribution in [3.05, 3.63) is 47.5 Å². The molecule has 2 atom stereocenters. The van der Waals surface area contributed by atoms with Gasteiger partial charge in [0.05, 0.1) is 24.1 Å². The molecule has 1 aliphatic rings. The van der Waals surface area contributed by atoms with Crippen LogP contribution < -0.4 is 5.73 Å². The molecule has 3 rings (SSSR count). The summed E-state index contributed by atoms with van der Waals surface area (Å²) in [6.45, 7) is -1.11. The van der Waals surface area contributed by atoms with Crippen LogP contribution >= 0.6 is 11.8 Å². The summed E-state index contributed by atoms with van der Waals surface area (Å²) in [4.78, 5) is 21.3. The minimum Gasteiger partial charge on any atom is -0.379 e. The van der Waals surface area contributed by atoms with E-state index in [0.717, 1.165) is 5.56 Å². The number of aromatic nitrogens is 3. The van der Waals surface area contributed by atoms with Crippen molar-refractivity contribution in [2.75, 3.05) is 6.61 Å². The summed E-state index contributed by atoms with van der Waals surface area (Å²) in [6.07, 6.45) is 5.46. The van der Waals surface area contributed by atoms with E-state index in [4.69, 9.17) is 5.73 Å². The molecule has 7 nitrogen and oxygen atoms in total. The molecule has 2 aromatic heterocycles. The van der Waals surface area contributed by atoms with E-state index < -0.39 is 12.2 Å². The van der Waals surface area contributed by atoms with Crippen molar-refractivity contribution in [2.45, 2.75) is 37.2 Å². The van der Waals surface area contributed by atoms with Gasteiger partial charge in [-0.2, -0.15) is 13.9 Å². The summed E-state index contributed by atoms with van der Waals surface area (Å²) in [6, 6.07) is 3.58. The molecule has 3 heterocycles. The lowest BCUT2D eigenvalue weighted by Crippen LogP contribution is -2.36. The Morgan fingerprint density at radius 2 is 2.32 bits per heavy atom. The van der Waals surface area contributed by atoms with E-state index in [1.165, 1.54) is 18.0 Å². The van der Waals surface area contributed by atoms with E-state index in [-0.39, 0.29) is 24.1 Å². The zero-order valence-electron chi connectivity index (χ0n) is 15.5. The maximum atomic E-state index is 12.4. The third kappa shape index (κ3) is 4.93. The van der Waals surface area contributed by atoms with Crippen molar-refractivity contribution < 1.29 is 18.3 Å². The lowest BCUT2D eigenvalue weighted by Gasteiger charge is -2.33. The first-order chi connectivity index (χ1) is 13.2. The lowest BCUT2D eigenvalue weighted by atomic mass is 9.90. The molecule has 0 unspecified atom stereocenters. The van der Waals surface area contributed by atoms with Crippen molar-refractivity contribution in [3.8, 4) is 0 Å². The van der Waals surface area contributed by atoms with E-state index >= 15 is 0 Å². The number of Topliss-reactive ketones (excluding diaryl/α,β-unsaturated/α-hetero) is 1. The Morgan fingerprint density at radius 1 is 1.54 bits per heavy atom. The summed E-state index contributed by atoms with van der Waals surface area (Å²) in [7, 11) is 1.75. The molecule has 0 saturated heterocycles. The molecule has 150 valence electrons. The Morgan fingerprint density at radius 3 is 3.00 bits per heavy atom. The normalized spacial score (nSPS) is 22.3. The van der Waals surface area contributed by atoms with Gasteiger partial charge in [-0.05, 0) is 31.0 Å². The average molecular weight is 409 g/mol. The molecule has 0 amide bonds. The van der Waals surface area contributed by atoms with Gasteiger partial charge in [0.1, 0.15) is 5.54 Å². The number of aryl methyl sites for hydroxylation is 1. The van der Waals surface area contributed by atoms with Gasteiger partial charge >= 0.3 is 6.61 Å². The Hall–Kier alpha value is -2.33. The standard InChI is InChI=1S/C18H21F2N5O2S/c1-18(7-13(10-27-16(19)20)28-17(21)24-18)15-6-11(3-4-22-15)5-14(26)12-8-23-25(2)9-12/h3-4,6,8-9,13,16H,5,7,10H2,1-2H3,(H2,21,24)/t13-,18-/m0/s1. The number of pyridine rings is 1. The first-order valence-electron chi connectivity index (χ1n) is 8.64. The summed E-state index contributed by atoms with van der Waals surface area (Å²) in [5.41, 5.74) is 7.09. The SMILES string of the molecule is Cn1cc(C(=O)Cc2ccnc([C@]3(C)C[C@@H](COC(F)F)SC(N)=N3)c2)cn1. The third-order valence-corrected chi connectivity index (χ3v) is 5.41. The highest BCUT2D eigenvalue weighted by molar-refractivity contribution is 8.14. The van der Waals surface area contributed by atoms with Gasteiger partial charge in [-0.15, -0.1) is 0 Å². The van der Waals surface area contributed by atoms with E-state index in [0.29, 0.717) is 22.8 Å². The number of hydrogen-bond donors (Lipinski definition) is 1. The van der Waals surface area contributed by atoms with Crippen molar-refractivity contribution in [1.82, 2.24) is 14.8 Å². The van der Waals surface area contributed by atoms with Gasteiger partial charge in [-0.3, -0.25) is 14.5 Å². The van der Waals surface area contributed by atoms with Gasteiger partial charge in [-0.1, -0.05) is 11.8 Å². The van der Waals surface area contributed by atoms with E-state index in [1.54, 1.807) is 30.2 Å². The van der Waals surface area contributed by atoms with Gasteiger partial charge in [0.25, 0.3) is 0 Å². The maximum Gasteiger partial charge on any atom is 0.345 e. The van der Waals surface area contributed by atoms with Crippen LogP contribution in [0.5, 0.6) is 0 Å². The fraction of sp³-hybridized carbons (Fsp3) is 0.444. The first kappa shape index (κ1) is 20.4. The minimum atomic E-state index is -2.83. The first-order valence-corrected chi connectivity index (χ1v) is 9.52. The number of thioether (sulfide) groups is 1. The summed E-state index contributed by atoms with van der Waals surface area (Å²) in [5.74, 6) is -0.0548. The van der Waals surface area contributed by atoms with Crippen LogP contribution in [0, 0.1) is 0 Å². The molecule has 0 aromatic carbocycles. The number of nitrogens with two attached hydrogens (primary N) is 1. The van der Waals surface area contributed by atoms with Gasteiger partial charge in [0.15, 0.2) is 11.0 Å². The van der Waals surface area contributed by atoms with Gasteiger partial charge in [0, 0.05) is 31.1 Å². The zero-order chi connectivity index (χ0) is 20.3. The fourth-order valence-electron chi connectivity index (χ4n) is 3.14. The number of ether oxygens (including phenoxy) is 1. The molecule has 2 aromatic rings. The molecule has 0 radical (unpaired) electrons. The van der Waals surface area contributed by atoms with Gasteiger partial charge in [-0.25, -0.2) is 4.99 Å². The van der Waals surface area contributed by atoms with Crippen LogP contribution in [0.3, 0.4) is 0 Å². The number of alkyl halides is 2. The Balaban J connectivity index is 1.78. The highest BCUT2D eigenvalue weighted by atomic mass is 32.2. The highest BCUT2D eigenvalue weighted by Gasteiger charge is 2.36. The number of aliphatic imine (C=N–C) groups is 1. The lowest BCUT2D eigenvalue weighted by molar-refractivity contribution is -0.128. The number of rotatable bonds is 7. The maximum absolute atomic E-state index is 12.4. The molecular weight excluding hydrogens is 388 g/mol. The van der Waals surface area contributed by atoms with E-state index in [1.807, 2.05) is 13.0 Å². The van der Waals surface area contributed by atoms with Gasteiger partial charge < -0.3 is 10.5 Å². The number of carbonyl (C=O) groups is 1. The van der Waals surface area contributed by atoms with Crippen LogP contribution in [0.1, 0.15) is 35.0 Å².